The van der Waals surface area contributed by atoms with Crippen molar-refractivity contribution in [3.05, 3.63) is 33.8 Å². The summed E-state index contributed by atoms with van der Waals surface area (Å²) < 4.78 is 5.83. The second kappa shape index (κ2) is 6.52. The molecule has 1 N–H and O–H groups in total. The monoisotopic (exact) mass is 277 g/mol. The molecule has 19 heavy (non-hydrogen) atoms. The molecule has 2 aromatic rings. The van der Waals surface area contributed by atoms with Gasteiger partial charge >= 0.3 is 0 Å². The molecule has 0 bridgehead atoms. The first-order chi connectivity index (χ1) is 9.24. The van der Waals surface area contributed by atoms with Gasteiger partial charge in [0.1, 0.15) is 18.2 Å². The first-order valence-electron chi connectivity index (χ1n) is 6.45. The van der Waals surface area contributed by atoms with Gasteiger partial charge in [0.25, 0.3) is 0 Å². The zero-order valence-corrected chi connectivity index (χ0v) is 12.4. The van der Waals surface area contributed by atoms with Crippen LogP contribution in [0.2, 0.25) is 0 Å². The molecule has 0 saturated heterocycles. The largest absolute Gasteiger partial charge is 0.472 e. The van der Waals surface area contributed by atoms with Crippen molar-refractivity contribution in [2.45, 2.75) is 33.3 Å². The van der Waals surface area contributed by atoms with Crippen LogP contribution in [0.3, 0.4) is 0 Å². The first kappa shape index (κ1) is 13.8. The van der Waals surface area contributed by atoms with Crippen LogP contribution in [0, 0.1) is 6.92 Å². The Morgan fingerprint density at radius 2 is 2.21 bits per heavy atom. The summed E-state index contributed by atoms with van der Waals surface area (Å²) >= 11 is 1.69. The van der Waals surface area contributed by atoms with Crippen molar-refractivity contribution in [2.75, 3.05) is 12.4 Å². The Bertz CT molecular complexity index is 526. The predicted octanol–water partition coefficient (Wildman–Crippen LogP) is 3.42. The summed E-state index contributed by atoms with van der Waals surface area (Å²) in [4.78, 5) is 10.2. The van der Waals surface area contributed by atoms with Gasteiger partial charge in [0.2, 0.25) is 5.88 Å². The van der Waals surface area contributed by atoms with E-state index < -0.39 is 0 Å². The summed E-state index contributed by atoms with van der Waals surface area (Å²) in [7, 11) is 1.87. The topological polar surface area (TPSA) is 47.0 Å². The Morgan fingerprint density at radius 3 is 2.84 bits per heavy atom. The third kappa shape index (κ3) is 3.44. The van der Waals surface area contributed by atoms with E-state index in [1.165, 1.54) is 4.88 Å². The van der Waals surface area contributed by atoms with Crippen LogP contribution < -0.4 is 10.1 Å². The van der Waals surface area contributed by atoms with Crippen LogP contribution in [0.4, 0.5) is 5.82 Å². The van der Waals surface area contributed by atoms with E-state index in [1.54, 1.807) is 11.3 Å². The molecule has 4 nitrogen and oxygen atoms in total. The lowest BCUT2D eigenvalue weighted by atomic mass is 10.3. The van der Waals surface area contributed by atoms with Crippen molar-refractivity contribution in [1.29, 1.82) is 0 Å². The van der Waals surface area contributed by atoms with Crippen LogP contribution in [-0.2, 0) is 13.0 Å². The third-order valence-electron chi connectivity index (χ3n) is 2.79. The number of hydrogen-bond acceptors (Lipinski definition) is 5. The van der Waals surface area contributed by atoms with Crippen LogP contribution in [0.1, 0.15) is 29.6 Å². The number of nitrogens with one attached hydrogen (secondary N) is 1. The van der Waals surface area contributed by atoms with Gasteiger partial charge in [-0.2, -0.15) is 4.98 Å². The summed E-state index contributed by atoms with van der Waals surface area (Å²) in [5, 5.41) is 5.15. The SMILES string of the molecule is CCCc1nc(NC)c(C)c(OCc2cccs2)n1. The van der Waals surface area contributed by atoms with Crippen molar-refractivity contribution in [3.8, 4) is 5.88 Å². The lowest BCUT2D eigenvalue weighted by molar-refractivity contribution is 0.293. The normalized spacial score (nSPS) is 10.5. The molecule has 0 aromatic carbocycles. The summed E-state index contributed by atoms with van der Waals surface area (Å²) in [5.74, 6) is 2.36. The zero-order valence-electron chi connectivity index (χ0n) is 11.6. The molecular weight excluding hydrogens is 258 g/mol. The zero-order chi connectivity index (χ0) is 13.7. The minimum atomic E-state index is 0.560. The van der Waals surface area contributed by atoms with Gasteiger partial charge in [0.15, 0.2) is 0 Å². The van der Waals surface area contributed by atoms with Gasteiger partial charge in [0.05, 0.1) is 5.56 Å². The number of aromatic nitrogens is 2. The molecular formula is C14H19N3OS. The van der Waals surface area contributed by atoms with Crippen molar-refractivity contribution in [1.82, 2.24) is 9.97 Å². The first-order valence-corrected chi connectivity index (χ1v) is 7.33. The molecule has 0 aliphatic carbocycles. The second-order valence-corrected chi connectivity index (χ2v) is 5.32. The predicted molar refractivity (Wildman–Crippen MR) is 79.0 cm³/mol. The molecule has 0 radical (unpaired) electrons. The lowest BCUT2D eigenvalue weighted by Crippen LogP contribution is -2.07. The van der Waals surface area contributed by atoms with Gasteiger partial charge in [-0.05, 0) is 24.8 Å². The summed E-state index contributed by atoms with van der Waals surface area (Å²) in [5.41, 5.74) is 0.957. The van der Waals surface area contributed by atoms with Gasteiger partial charge in [-0.15, -0.1) is 11.3 Å². The number of thiophene rings is 1. The Hall–Kier alpha value is -1.62. The standard InChI is InChI=1S/C14H19N3OS/c1-4-6-12-16-13(15-3)10(2)14(17-12)18-9-11-7-5-8-19-11/h5,7-8H,4,6,9H2,1-3H3,(H,15,16,17). The van der Waals surface area contributed by atoms with Gasteiger partial charge in [-0.25, -0.2) is 4.98 Å². The van der Waals surface area contributed by atoms with Crippen LogP contribution in [0.25, 0.3) is 0 Å². The van der Waals surface area contributed by atoms with E-state index in [9.17, 15) is 0 Å². The van der Waals surface area contributed by atoms with E-state index >= 15 is 0 Å². The molecule has 0 unspecified atom stereocenters. The minimum Gasteiger partial charge on any atom is -0.472 e. The fraction of sp³-hybridized carbons (Fsp3) is 0.429. The van der Waals surface area contributed by atoms with E-state index in [4.69, 9.17) is 4.74 Å². The molecule has 2 heterocycles. The highest BCUT2D eigenvalue weighted by Gasteiger charge is 2.11. The van der Waals surface area contributed by atoms with Gasteiger partial charge in [0, 0.05) is 18.3 Å². The number of anilines is 1. The average molecular weight is 277 g/mol. The molecule has 5 heteroatoms. The molecule has 0 aliphatic rings. The van der Waals surface area contributed by atoms with Crippen molar-refractivity contribution in [3.63, 3.8) is 0 Å². The van der Waals surface area contributed by atoms with Gasteiger partial charge in [-0.1, -0.05) is 13.0 Å². The molecule has 0 aliphatic heterocycles. The lowest BCUT2D eigenvalue weighted by Gasteiger charge is -2.12. The van der Waals surface area contributed by atoms with E-state index in [1.807, 2.05) is 25.4 Å². The third-order valence-corrected chi connectivity index (χ3v) is 3.64. The molecule has 0 atom stereocenters. The van der Waals surface area contributed by atoms with Gasteiger partial charge in [-0.3, -0.25) is 0 Å². The quantitative estimate of drug-likeness (QED) is 0.879. The number of ether oxygens (including phenoxy) is 1. The second-order valence-electron chi connectivity index (χ2n) is 4.29. The summed E-state index contributed by atoms with van der Waals surface area (Å²) in [6.07, 6.45) is 1.89. The molecule has 2 aromatic heterocycles. The Balaban J connectivity index is 2.19. The van der Waals surface area contributed by atoms with Crippen LogP contribution >= 0.6 is 11.3 Å². The summed E-state index contributed by atoms with van der Waals surface area (Å²) in [6.45, 7) is 4.66. The molecule has 102 valence electrons. The Morgan fingerprint density at radius 1 is 1.37 bits per heavy atom. The molecule has 0 spiro atoms. The number of aryl methyl sites for hydroxylation is 1. The Labute approximate surface area is 117 Å². The fourth-order valence-electron chi connectivity index (χ4n) is 1.79. The average Bonchev–Trinajstić information content (AvgIpc) is 2.92. The van der Waals surface area contributed by atoms with Crippen molar-refractivity contribution in [2.24, 2.45) is 0 Å². The highest BCUT2D eigenvalue weighted by molar-refractivity contribution is 7.09. The fourth-order valence-corrected chi connectivity index (χ4v) is 2.41. The maximum atomic E-state index is 5.83. The number of rotatable bonds is 6. The molecule has 0 amide bonds. The minimum absolute atomic E-state index is 0.560. The molecule has 2 rings (SSSR count). The smallest absolute Gasteiger partial charge is 0.222 e. The van der Waals surface area contributed by atoms with Crippen LogP contribution in [-0.4, -0.2) is 17.0 Å². The maximum Gasteiger partial charge on any atom is 0.222 e. The Kier molecular flexibility index (Phi) is 4.74. The van der Waals surface area contributed by atoms with E-state index in [0.717, 1.165) is 30.0 Å². The van der Waals surface area contributed by atoms with E-state index in [-0.39, 0.29) is 0 Å². The van der Waals surface area contributed by atoms with Gasteiger partial charge < -0.3 is 10.1 Å². The number of nitrogens with zero attached hydrogens (tertiary/aromatic N) is 2. The molecule has 0 saturated carbocycles. The number of hydrogen-bond donors (Lipinski definition) is 1. The maximum absolute atomic E-state index is 5.83. The summed E-state index contributed by atoms with van der Waals surface area (Å²) in [6, 6.07) is 4.09. The van der Waals surface area contributed by atoms with Crippen molar-refractivity contribution >= 4 is 17.2 Å². The highest BCUT2D eigenvalue weighted by Crippen LogP contribution is 2.23. The molecule has 0 fully saturated rings. The highest BCUT2D eigenvalue weighted by atomic mass is 32.1. The van der Waals surface area contributed by atoms with Crippen molar-refractivity contribution < 1.29 is 4.74 Å². The van der Waals surface area contributed by atoms with E-state index in [0.29, 0.717) is 12.5 Å². The van der Waals surface area contributed by atoms with Crippen LogP contribution in [0.5, 0.6) is 5.88 Å². The van der Waals surface area contributed by atoms with E-state index in [2.05, 4.69) is 28.3 Å². The van der Waals surface area contributed by atoms with Crippen LogP contribution in [0.15, 0.2) is 17.5 Å².